The van der Waals surface area contributed by atoms with Crippen LogP contribution < -0.4 is 5.73 Å². The maximum atomic E-state index is 13.6. The standard InChI is InChI=1S/C15H19F4N/c1-2-14(7-3-4-8-14)13(20)10-5-6-11(12(16)9-10)15(17,18)19/h5-6,9,13H,2-4,7-8,20H2,1H3. The van der Waals surface area contributed by atoms with E-state index in [-0.39, 0.29) is 5.41 Å². The third-order valence-corrected chi connectivity index (χ3v) is 4.62. The van der Waals surface area contributed by atoms with E-state index >= 15 is 0 Å². The average molecular weight is 289 g/mol. The second-order valence-electron chi connectivity index (χ2n) is 5.64. The maximum absolute atomic E-state index is 13.6. The van der Waals surface area contributed by atoms with Crippen molar-refractivity contribution in [3.05, 3.63) is 35.1 Å². The van der Waals surface area contributed by atoms with Crippen molar-refractivity contribution in [2.75, 3.05) is 0 Å². The fourth-order valence-electron chi connectivity index (χ4n) is 3.27. The van der Waals surface area contributed by atoms with Crippen molar-refractivity contribution < 1.29 is 17.6 Å². The number of rotatable bonds is 3. The minimum absolute atomic E-state index is 0.105. The Morgan fingerprint density at radius 1 is 1.25 bits per heavy atom. The van der Waals surface area contributed by atoms with Gasteiger partial charge in [-0.2, -0.15) is 13.2 Å². The lowest BCUT2D eigenvalue weighted by molar-refractivity contribution is -0.140. The van der Waals surface area contributed by atoms with Gasteiger partial charge in [-0.05, 0) is 42.4 Å². The highest BCUT2D eigenvalue weighted by Crippen LogP contribution is 2.49. The van der Waals surface area contributed by atoms with E-state index in [1.165, 1.54) is 6.07 Å². The molecule has 0 heterocycles. The van der Waals surface area contributed by atoms with E-state index in [9.17, 15) is 17.6 Å². The summed E-state index contributed by atoms with van der Waals surface area (Å²) in [6.07, 6.45) is 0.245. The van der Waals surface area contributed by atoms with Crippen LogP contribution in [0.4, 0.5) is 17.6 Å². The van der Waals surface area contributed by atoms with Gasteiger partial charge in [0.25, 0.3) is 0 Å². The van der Waals surface area contributed by atoms with Crippen molar-refractivity contribution in [3.8, 4) is 0 Å². The zero-order chi connectivity index (χ0) is 15.0. The molecule has 112 valence electrons. The summed E-state index contributed by atoms with van der Waals surface area (Å²) < 4.78 is 51.3. The van der Waals surface area contributed by atoms with Crippen molar-refractivity contribution in [1.82, 2.24) is 0 Å². The minimum atomic E-state index is -4.66. The Hall–Kier alpha value is -1.10. The lowest BCUT2D eigenvalue weighted by atomic mass is 9.74. The number of nitrogens with two attached hydrogens (primary N) is 1. The minimum Gasteiger partial charge on any atom is -0.323 e. The normalized spacial score (nSPS) is 20.1. The molecule has 1 aliphatic rings. The number of benzene rings is 1. The molecule has 20 heavy (non-hydrogen) atoms. The lowest BCUT2D eigenvalue weighted by Gasteiger charge is -2.34. The van der Waals surface area contributed by atoms with Crippen molar-refractivity contribution in [1.29, 1.82) is 0 Å². The summed E-state index contributed by atoms with van der Waals surface area (Å²) in [5.74, 6) is -1.24. The van der Waals surface area contributed by atoms with Gasteiger partial charge < -0.3 is 5.73 Å². The van der Waals surface area contributed by atoms with Gasteiger partial charge in [0.2, 0.25) is 0 Å². The van der Waals surface area contributed by atoms with Crippen LogP contribution in [-0.2, 0) is 6.18 Å². The number of hydrogen-bond donors (Lipinski definition) is 1. The topological polar surface area (TPSA) is 26.0 Å². The van der Waals surface area contributed by atoms with Crippen LogP contribution in [-0.4, -0.2) is 0 Å². The van der Waals surface area contributed by atoms with E-state index in [2.05, 4.69) is 0 Å². The summed E-state index contributed by atoms with van der Waals surface area (Å²) in [6.45, 7) is 2.03. The molecule has 1 nitrogen and oxygen atoms in total. The molecule has 1 atom stereocenters. The Balaban J connectivity index is 2.32. The fourth-order valence-corrected chi connectivity index (χ4v) is 3.27. The van der Waals surface area contributed by atoms with E-state index in [4.69, 9.17) is 5.73 Å². The first kappa shape index (κ1) is 15.3. The monoisotopic (exact) mass is 289 g/mol. The van der Waals surface area contributed by atoms with Crippen LogP contribution in [0.2, 0.25) is 0 Å². The van der Waals surface area contributed by atoms with E-state index in [0.717, 1.165) is 44.2 Å². The lowest BCUT2D eigenvalue weighted by Crippen LogP contribution is -2.31. The first-order valence-electron chi connectivity index (χ1n) is 6.92. The Morgan fingerprint density at radius 2 is 1.85 bits per heavy atom. The molecular formula is C15H19F4N. The molecular weight excluding hydrogens is 270 g/mol. The largest absolute Gasteiger partial charge is 0.419 e. The predicted octanol–water partition coefficient (Wildman–Crippen LogP) is 4.81. The highest BCUT2D eigenvalue weighted by Gasteiger charge is 2.40. The fraction of sp³-hybridized carbons (Fsp3) is 0.600. The van der Waals surface area contributed by atoms with Gasteiger partial charge in [-0.3, -0.25) is 0 Å². The first-order chi connectivity index (χ1) is 9.30. The molecule has 2 rings (SSSR count). The SMILES string of the molecule is CCC1(C(N)c2ccc(C(F)(F)F)c(F)c2)CCCC1. The highest BCUT2D eigenvalue weighted by atomic mass is 19.4. The van der Waals surface area contributed by atoms with E-state index in [0.29, 0.717) is 5.56 Å². The van der Waals surface area contributed by atoms with E-state index in [1.807, 2.05) is 6.92 Å². The van der Waals surface area contributed by atoms with Crippen molar-refractivity contribution >= 4 is 0 Å². The number of hydrogen-bond acceptors (Lipinski definition) is 1. The van der Waals surface area contributed by atoms with Crippen LogP contribution in [0, 0.1) is 11.2 Å². The van der Waals surface area contributed by atoms with Gasteiger partial charge in [-0.15, -0.1) is 0 Å². The number of alkyl halides is 3. The summed E-state index contributed by atoms with van der Waals surface area (Å²) in [5.41, 5.74) is 5.35. The molecule has 1 aromatic rings. The van der Waals surface area contributed by atoms with Crippen LogP contribution in [0.15, 0.2) is 18.2 Å². The third kappa shape index (κ3) is 2.68. The van der Waals surface area contributed by atoms with Gasteiger partial charge in [0, 0.05) is 6.04 Å². The molecule has 0 amide bonds. The maximum Gasteiger partial charge on any atom is 0.419 e. The van der Waals surface area contributed by atoms with Gasteiger partial charge in [0.1, 0.15) is 5.82 Å². The van der Waals surface area contributed by atoms with Crippen molar-refractivity contribution in [3.63, 3.8) is 0 Å². The molecule has 1 fully saturated rings. The second kappa shape index (κ2) is 5.35. The summed E-state index contributed by atoms with van der Waals surface area (Å²) in [6, 6.07) is 2.64. The molecule has 5 heteroatoms. The molecule has 0 saturated heterocycles. The molecule has 0 spiro atoms. The van der Waals surface area contributed by atoms with Crippen LogP contribution in [0.25, 0.3) is 0 Å². The zero-order valence-electron chi connectivity index (χ0n) is 11.4. The molecule has 0 aliphatic heterocycles. The van der Waals surface area contributed by atoms with Crippen LogP contribution >= 0.6 is 0 Å². The third-order valence-electron chi connectivity index (χ3n) is 4.62. The number of halogens is 4. The molecule has 1 aromatic carbocycles. The molecule has 0 radical (unpaired) electrons. The van der Waals surface area contributed by atoms with Gasteiger partial charge in [0.15, 0.2) is 0 Å². The van der Waals surface area contributed by atoms with Crippen LogP contribution in [0.5, 0.6) is 0 Å². The summed E-state index contributed by atoms with van der Waals surface area (Å²) in [5, 5.41) is 0. The van der Waals surface area contributed by atoms with Gasteiger partial charge in [0.05, 0.1) is 5.56 Å². The molecule has 1 unspecified atom stereocenters. The van der Waals surface area contributed by atoms with Gasteiger partial charge in [-0.25, -0.2) is 4.39 Å². The zero-order valence-corrected chi connectivity index (χ0v) is 11.4. The predicted molar refractivity (Wildman–Crippen MR) is 69.5 cm³/mol. The Morgan fingerprint density at radius 3 is 2.30 bits per heavy atom. The molecule has 2 N–H and O–H groups in total. The molecule has 1 aliphatic carbocycles. The van der Waals surface area contributed by atoms with Crippen molar-refractivity contribution in [2.24, 2.45) is 11.1 Å². The van der Waals surface area contributed by atoms with Crippen molar-refractivity contribution in [2.45, 2.75) is 51.2 Å². The summed E-state index contributed by atoms with van der Waals surface area (Å²) >= 11 is 0. The smallest absolute Gasteiger partial charge is 0.323 e. The van der Waals surface area contributed by atoms with E-state index < -0.39 is 23.6 Å². The highest BCUT2D eigenvalue weighted by molar-refractivity contribution is 5.29. The van der Waals surface area contributed by atoms with Gasteiger partial charge >= 0.3 is 6.18 Å². The summed E-state index contributed by atoms with van der Waals surface area (Å²) in [4.78, 5) is 0. The Labute approximate surface area is 116 Å². The summed E-state index contributed by atoms with van der Waals surface area (Å²) in [7, 11) is 0. The molecule has 0 bridgehead atoms. The quantitative estimate of drug-likeness (QED) is 0.794. The average Bonchev–Trinajstić information content (AvgIpc) is 2.86. The molecule has 0 aromatic heterocycles. The first-order valence-corrected chi connectivity index (χ1v) is 6.92. The Bertz CT molecular complexity index is 475. The van der Waals surface area contributed by atoms with E-state index in [1.54, 1.807) is 0 Å². The van der Waals surface area contributed by atoms with Crippen LogP contribution in [0.3, 0.4) is 0 Å². The van der Waals surface area contributed by atoms with Crippen LogP contribution in [0.1, 0.15) is 56.2 Å². The molecule has 1 saturated carbocycles. The second-order valence-corrected chi connectivity index (χ2v) is 5.64. The Kier molecular flexibility index (Phi) is 4.09. The van der Waals surface area contributed by atoms with Gasteiger partial charge in [-0.1, -0.05) is 25.8 Å².